The van der Waals surface area contributed by atoms with Crippen molar-refractivity contribution in [2.24, 2.45) is 0 Å². The Bertz CT molecular complexity index is 652. The number of fused-ring (bicyclic) bond motifs is 1. The number of H-pyrrole nitrogens is 1. The summed E-state index contributed by atoms with van der Waals surface area (Å²) < 4.78 is 1.55. The Kier molecular flexibility index (Phi) is 9.45. The number of nitrogens with one attached hydrogen (secondary N) is 1. The molecule has 0 saturated heterocycles. The predicted molar refractivity (Wildman–Crippen MR) is 102 cm³/mol. The van der Waals surface area contributed by atoms with Gasteiger partial charge >= 0.3 is 0 Å². The molecule has 0 aliphatic carbocycles. The van der Waals surface area contributed by atoms with Crippen LogP contribution in [0.2, 0.25) is 0 Å². The Hall–Kier alpha value is -1.56. The monoisotopic (exact) mass is 355 g/mol. The minimum absolute atomic E-state index is 0. The Morgan fingerprint density at radius 3 is 2.25 bits per heavy atom. The van der Waals surface area contributed by atoms with E-state index in [0.29, 0.717) is 17.7 Å². The maximum absolute atomic E-state index is 12.3. The number of unbranched alkanes of at least 4 members (excludes halogenated alkanes) is 9. The fourth-order valence-electron chi connectivity index (χ4n) is 2.91. The summed E-state index contributed by atoms with van der Waals surface area (Å²) >= 11 is 0. The number of rotatable bonds is 11. The maximum atomic E-state index is 12.3. The Morgan fingerprint density at radius 1 is 1.04 bits per heavy atom. The van der Waals surface area contributed by atoms with E-state index in [1.165, 1.54) is 57.7 Å². The number of nitrogen functional groups attached to an aromatic ring is 1. The first kappa shape index (κ1) is 20.5. The van der Waals surface area contributed by atoms with Crippen molar-refractivity contribution in [1.82, 2.24) is 19.5 Å². The first-order valence-electron chi connectivity index (χ1n) is 8.93. The molecule has 6 nitrogen and oxygen atoms in total. The topological polar surface area (TPSA) is 89.6 Å². The lowest BCUT2D eigenvalue weighted by atomic mass is 10.1. The Morgan fingerprint density at radius 2 is 1.62 bits per heavy atom. The molecule has 2 aromatic heterocycles. The molecule has 2 heterocycles. The van der Waals surface area contributed by atoms with Crippen LogP contribution in [0.25, 0.3) is 11.2 Å². The van der Waals surface area contributed by atoms with Crippen molar-refractivity contribution in [1.29, 1.82) is 0 Å². The molecule has 24 heavy (non-hydrogen) atoms. The van der Waals surface area contributed by atoms with Gasteiger partial charge in [0.25, 0.3) is 5.56 Å². The molecule has 0 bridgehead atoms. The van der Waals surface area contributed by atoms with E-state index in [0.717, 1.165) is 12.8 Å². The highest BCUT2D eigenvalue weighted by Gasteiger charge is 2.09. The molecule has 0 aliphatic heterocycles. The predicted octanol–water partition coefficient (Wildman–Crippen LogP) is 4.04. The summed E-state index contributed by atoms with van der Waals surface area (Å²) in [7, 11) is 0. The molecule has 0 unspecified atom stereocenters. The number of nitrogens with zero attached hydrogens (tertiary/aromatic N) is 3. The molecular weight excluding hydrogens is 326 g/mol. The van der Waals surface area contributed by atoms with Crippen molar-refractivity contribution in [3.05, 3.63) is 16.7 Å². The number of imidazole rings is 1. The number of aromatic amines is 1. The van der Waals surface area contributed by atoms with E-state index in [2.05, 4.69) is 21.9 Å². The zero-order valence-electron chi connectivity index (χ0n) is 14.6. The zero-order chi connectivity index (χ0) is 16.5. The summed E-state index contributed by atoms with van der Waals surface area (Å²) in [5, 5.41) is 0. The van der Waals surface area contributed by atoms with E-state index in [-0.39, 0.29) is 23.9 Å². The van der Waals surface area contributed by atoms with Gasteiger partial charge < -0.3 is 10.7 Å². The van der Waals surface area contributed by atoms with E-state index in [1.54, 1.807) is 4.57 Å². The van der Waals surface area contributed by atoms with Gasteiger partial charge in [-0.3, -0.25) is 9.36 Å². The third-order valence-electron chi connectivity index (χ3n) is 4.31. The van der Waals surface area contributed by atoms with Crippen molar-refractivity contribution >= 4 is 29.5 Å². The van der Waals surface area contributed by atoms with Crippen LogP contribution in [0, 0.1) is 0 Å². The molecule has 2 rings (SSSR count). The molecule has 0 saturated carbocycles. The van der Waals surface area contributed by atoms with Gasteiger partial charge in [-0.1, -0.05) is 64.7 Å². The quantitative estimate of drug-likeness (QED) is 0.595. The number of nitrogens with two attached hydrogens (primary N) is 1. The van der Waals surface area contributed by atoms with Crippen LogP contribution in [0.15, 0.2) is 11.1 Å². The molecule has 136 valence electrons. The number of halogens is 1. The third-order valence-corrected chi connectivity index (χ3v) is 4.31. The van der Waals surface area contributed by atoms with E-state index < -0.39 is 0 Å². The Labute approximate surface area is 149 Å². The molecule has 0 spiro atoms. The summed E-state index contributed by atoms with van der Waals surface area (Å²) in [4.78, 5) is 23.2. The highest BCUT2D eigenvalue weighted by molar-refractivity contribution is 5.85. The fourth-order valence-corrected chi connectivity index (χ4v) is 2.91. The van der Waals surface area contributed by atoms with E-state index in [1.807, 2.05) is 0 Å². The molecular formula is C17H30ClN5O. The lowest BCUT2D eigenvalue weighted by molar-refractivity contribution is 0.531. The normalized spacial score (nSPS) is 10.9. The molecule has 7 heteroatoms. The van der Waals surface area contributed by atoms with Crippen LogP contribution in [-0.4, -0.2) is 19.5 Å². The summed E-state index contributed by atoms with van der Waals surface area (Å²) in [5.41, 5.74) is 6.57. The van der Waals surface area contributed by atoms with Crippen molar-refractivity contribution in [2.75, 3.05) is 5.73 Å². The first-order chi connectivity index (χ1) is 11.2. The van der Waals surface area contributed by atoms with Crippen molar-refractivity contribution < 1.29 is 0 Å². The van der Waals surface area contributed by atoms with E-state index >= 15 is 0 Å². The van der Waals surface area contributed by atoms with Crippen LogP contribution in [0.4, 0.5) is 5.95 Å². The fraction of sp³-hybridized carbons (Fsp3) is 0.706. The second-order valence-corrected chi connectivity index (χ2v) is 6.21. The molecule has 2 aromatic rings. The zero-order valence-corrected chi connectivity index (χ0v) is 15.4. The maximum Gasteiger partial charge on any atom is 0.280 e. The largest absolute Gasteiger partial charge is 0.369 e. The van der Waals surface area contributed by atoms with Gasteiger partial charge in [0.1, 0.15) is 0 Å². The molecule has 3 N–H and O–H groups in total. The lowest BCUT2D eigenvalue weighted by Gasteiger charge is -2.08. The molecule has 0 aliphatic rings. The van der Waals surface area contributed by atoms with Gasteiger partial charge in [0, 0.05) is 6.54 Å². The number of hydrogen-bond donors (Lipinski definition) is 2. The SMILES string of the molecule is CCCCCCCCCCCCn1c(N)nc2nc[nH]c2c1=O.Cl. The smallest absolute Gasteiger partial charge is 0.280 e. The van der Waals surface area contributed by atoms with Gasteiger partial charge in [-0.05, 0) is 6.42 Å². The van der Waals surface area contributed by atoms with Crippen LogP contribution >= 0.6 is 12.4 Å². The Balaban J connectivity index is 0.00000288. The summed E-state index contributed by atoms with van der Waals surface area (Å²) in [6, 6.07) is 0. The van der Waals surface area contributed by atoms with Crippen LogP contribution < -0.4 is 11.3 Å². The van der Waals surface area contributed by atoms with Crippen molar-refractivity contribution in [3.63, 3.8) is 0 Å². The molecule has 0 aromatic carbocycles. The van der Waals surface area contributed by atoms with Crippen molar-refractivity contribution in [3.8, 4) is 0 Å². The van der Waals surface area contributed by atoms with E-state index in [4.69, 9.17) is 5.73 Å². The minimum atomic E-state index is -0.124. The number of hydrogen-bond acceptors (Lipinski definition) is 4. The number of aromatic nitrogens is 4. The highest BCUT2D eigenvalue weighted by Crippen LogP contribution is 2.11. The van der Waals surface area contributed by atoms with Gasteiger partial charge in [-0.25, -0.2) is 4.98 Å². The second-order valence-electron chi connectivity index (χ2n) is 6.21. The lowest BCUT2D eigenvalue weighted by Crippen LogP contribution is -2.24. The summed E-state index contributed by atoms with van der Waals surface area (Å²) in [5.74, 6) is 0.255. The molecule has 0 atom stereocenters. The van der Waals surface area contributed by atoms with Gasteiger partial charge in [-0.2, -0.15) is 4.98 Å². The average Bonchev–Trinajstić information content (AvgIpc) is 3.00. The highest BCUT2D eigenvalue weighted by atomic mass is 35.5. The molecule has 0 amide bonds. The minimum Gasteiger partial charge on any atom is -0.369 e. The van der Waals surface area contributed by atoms with Crippen LogP contribution in [-0.2, 0) is 6.54 Å². The second kappa shape index (κ2) is 11.1. The summed E-state index contributed by atoms with van der Waals surface area (Å²) in [6.07, 6.45) is 14.2. The summed E-state index contributed by atoms with van der Waals surface area (Å²) in [6.45, 7) is 2.88. The van der Waals surface area contributed by atoms with Gasteiger partial charge in [-0.15, -0.1) is 12.4 Å². The third kappa shape index (κ3) is 5.82. The van der Waals surface area contributed by atoms with Gasteiger partial charge in [0.2, 0.25) is 5.95 Å². The first-order valence-corrected chi connectivity index (χ1v) is 8.93. The van der Waals surface area contributed by atoms with Gasteiger partial charge in [0.15, 0.2) is 11.2 Å². The number of anilines is 1. The average molecular weight is 356 g/mol. The standard InChI is InChI=1S/C17H29N5O.ClH/c1-2-3-4-5-6-7-8-9-10-11-12-22-16(23)14-15(20-13-19-14)21-17(22)18;/h13H,2-12H2,1H3,(H2,18,21)(H,19,20);1H. The van der Waals surface area contributed by atoms with Crippen LogP contribution in [0.1, 0.15) is 71.1 Å². The van der Waals surface area contributed by atoms with Crippen LogP contribution in [0.3, 0.4) is 0 Å². The molecule has 0 radical (unpaired) electrons. The van der Waals surface area contributed by atoms with Crippen LogP contribution in [0.5, 0.6) is 0 Å². The van der Waals surface area contributed by atoms with Crippen molar-refractivity contribution in [2.45, 2.75) is 77.7 Å². The van der Waals surface area contributed by atoms with E-state index in [9.17, 15) is 4.79 Å². The van der Waals surface area contributed by atoms with Gasteiger partial charge in [0.05, 0.1) is 6.33 Å². The molecule has 0 fully saturated rings.